The molecule has 1 unspecified atom stereocenters. The van der Waals surface area contributed by atoms with Crippen LogP contribution in [0.1, 0.15) is 15.9 Å². The second-order valence-corrected chi connectivity index (χ2v) is 9.38. The molecular weight excluding hydrogens is 522 g/mol. The van der Waals surface area contributed by atoms with Crippen molar-refractivity contribution in [1.82, 2.24) is 21.3 Å². The summed E-state index contributed by atoms with van der Waals surface area (Å²) in [5, 5.41) is 23.5. The number of primary sulfonamides is 1. The van der Waals surface area contributed by atoms with Crippen LogP contribution in [-0.4, -0.2) is 75.9 Å². The Labute approximate surface area is 218 Å². The number of carbonyl (C=O) groups is 5. The van der Waals surface area contributed by atoms with E-state index in [0.29, 0.717) is 11.3 Å². The molecule has 0 aliphatic heterocycles. The summed E-state index contributed by atoms with van der Waals surface area (Å²) in [6.45, 7) is -1.50. The first-order valence-electron chi connectivity index (χ1n) is 11.0. The van der Waals surface area contributed by atoms with E-state index in [4.69, 9.17) is 9.88 Å². The van der Waals surface area contributed by atoms with Gasteiger partial charge in [-0.3, -0.25) is 19.2 Å². The topological polar surface area (TPSA) is 223 Å². The summed E-state index contributed by atoms with van der Waals surface area (Å²) in [6, 6.07) is 10.1. The van der Waals surface area contributed by atoms with Gasteiger partial charge in [-0.25, -0.2) is 18.4 Å². The molecule has 15 heteroatoms. The van der Waals surface area contributed by atoms with E-state index in [0.717, 1.165) is 12.1 Å². The summed E-state index contributed by atoms with van der Waals surface area (Å²) >= 11 is 0. The molecule has 0 aromatic heterocycles. The molecule has 38 heavy (non-hydrogen) atoms. The Hall–Kier alpha value is -4.50. The maximum atomic E-state index is 12.1. The Kier molecular flexibility index (Phi) is 10.7. The van der Waals surface area contributed by atoms with Gasteiger partial charge in [0.15, 0.2) is 0 Å². The Balaban J connectivity index is 1.71. The molecule has 0 aliphatic carbocycles. The fraction of sp³-hybridized carbons (Fsp3) is 0.261. The monoisotopic (exact) mass is 549 g/mol. The van der Waals surface area contributed by atoms with Gasteiger partial charge in [-0.2, -0.15) is 0 Å². The molecule has 0 aliphatic rings. The van der Waals surface area contributed by atoms with Crippen molar-refractivity contribution in [2.75, 3.05) is 26.7 Å². The van der Waals surface area contributed by atoms with E-state index in [-0.39, 0.29) is 16.9 Å². The zero-order valence-electron chi connectivity index (χ0n) is 20.2. The van der Waals surface area contributed by atoms with Gasteiger partial charge in [0.1, 0.15) is 11.8 Å². The Morgan fingerprint density at radius 1 is 0.842 bits per heavy atom. The molecule has 14 nitrogen and oxygen atoms in total. The van der Waals surface area contributed by atoms with Crippen molar-refractivity contribution in [3.8, 4) is 5.75 Å². The molecule has 0 heterocycles. The Bertz CT molecular complexity index is 1280. The molecule has 204 valence electrons. The first kappa shape index (κ1) is 29.7. The highest BCUT2D eigenvalue weighted by atomic mass is 32.2. The summed E-state index contributed by atoms with van der Waals surface area (Å²) in [5.74, 6) is -3.49. The number of nitrogens with one attached hydrogen (secondary N) is 4. The van der Waals surface area contributed by atoms with Gasteiger partial charge in [0.05, 0.1) is 31.6 Å². The molecule has 0 saturated carbocycles. The molecule has 0 fully saturated rings. The van der Waals surface area contributed by atoms with Crippen LogP contribution < -0.4 is 31.1 Å². The number of ether oxygens (including phenoxy) is 1. The van der Waals surface area contributed by atoms with Crippen molar-refractivity contribution < 1.29 is 42.2 Å². The fourth-order valence-corrected chi connectivity index (χ4v) is 3.50. The zero-order valence-corrected chi connectivity index (χ0v) is 21.0. The lowest BCUT2D eigenvalue weighted by Gasteiger charge is -2.15. The maximum Gasteiger partial charge on any atom is 0.326 e. The van der Waals surface area contributed by atoms with Gasteiger partial charge >= 0.3 is 5.97 Å². The van der Waals surface area contributed by atoms with Gasteiger partial charge in [0, 0.05) is 12.0 Å². The third kappa shape index (κ3) is 9.87. The van der Waals surface area contributed by atoms with Crippen LogP contribution in [0.3, 0.4) is 0 Å². The summed E-state index contributed by atoms with van der Waals surface area (Å²) in [6.07, 6.45) is 0.0110. The number of hydrogen-bond donors (Lipinski definition) is 6. The standard InChI is InChI=1S/C23H27N5O9S/c1-37-16-6-2-14(3-7-16)10-18(23(33)34)28-21(31)13-26-19(29)11-25-20(30)12-27-22(32)15-4-8-17(9-5-15)38(24,35)36/h2-9,18H,10-13H2,1H3,(H,25,30)(H,26,29)(H,27,32)(H,28,31)(H,33,34)(H2,24,35,36). The normalized spacial score (nSPS) is 11.5. The number of carboxylic acid groups (broad SMARTS) is 1. The Morgan fingerprint density at radius 2 is 1.37 bits per heavy atom. The molecule has 0 bridgehead atoms. The van der Waals surface area contributed by atoms with Crippen molar-refractivity contribution in [2.45, 2.75) is 17.4 Å². The van der Waals surface area contributed by atoms with E-state index in [1.54, 1.807) is 24.3 Å². The average molecular weight is 550 g/mol. The van der Waals surface area contributed by atoms with Crippen molar-refractivity contribution in [3.63, 3.8) is 0 Å². The lowest BCUT2D eigenvalue weighted by atomic mass is 10.1. The number of nitrogens with two attached hydrogens (primary N) is 1. The summed E-state index contributed by atoms with van der Waals surface area (Å²) in [4.78, 5) is 59.3. The van der Waals surface area contributed by atoms with E-state index >= 15 is 0 Å². The minimum absolute atomic E-state index is 0.0110. The number of aliphatic carboxylic acids is 1. The third-order valence-electron chi connectivity index (χ3n) is 4.98. The zero-order chi connectivity index (χ0) is 28.3. The second-order valence-electron chi connectivity index (χ2n) is 7.82. The van der Waals surface area contributed by atoms with Gasteiger partial charge in [-0.15, -0.1) is 0 Å². The fourth-order valence-electron chi connectivity index (χ4n) is 2.98. The smallest absolute Gasteiger partial charge is 0.326 e. The highest BCUT2D eigenvalue weighted by Crippen LogP contribution is 2.13. The number of amides is 4. The molecule has 7 N–H and O–H groups in total. The van der Waals surface area contributed by atoms with E-state index in [1.165, 1.54) is 19.2 Å². The molecular formula is C23H27N5O9S. The van der Waals surface area contributed by atoms with E-state index in [9.17, 15) is 37.5 Å². The van der Waals surface area contributed by atoms with Crippen molar-refractivity contribution in [3.05, 3.63) is 59.7 Å². The maximum absolute atomic E-state index is 12.1. The number of rotatable bonds is 13. The first-order chi connectivity index (χ1) is 17.9. The molecule has 0 saturated heterocycles. The van der Waals surface area contributed by atoms with Gasteiger partial charge < -0.3 is 31.1 Å². The molecule has 2 aromatic carbocycles. The Morgan fingerprint density at radius 3 is 1.87 bits per heavy atom. The van der Waals surface area contributed by atoms with Crippen LogP contribution in [0.4, 0.5) is 0 Å². The lowest BCUT2D eigenvalue weighted by molar-refractivity contribution is -0.141. The van der Waals surface area contributed by atoms with Crippen LogP contribution in [0.5, 0.6) is 5.75 Å². The van der Waals surface area contributed by atoms with Crippen molar-refractivity contribution in [1.29, 1.82) is 0 Å². The predicted octanol–water partition coefficient (Wildman–Crippen LogP) is -1.88. The second kappa shape index (κ2) is 13.7. The largest absolute Gasteiger partial charge is 0.497 e. The molecule has 0 radical (unpaired) electrons. The molecule has 2 rings (SSSR count). The van der Waals surface area contributed by atoms with Crippen LogP contribution in [0, 0.1) is 0 Å². The highest BCUT2D eigenvalue weighted by Gasteiger charge is 2.21. The lowest BCUT2D eigenvalue weighted by Crippen LogP contribution is -2.48. The number of hydrogen-bond acceptors (Lipinski definition) is 8. The van der Waals surface area contributed by atoms with E-state index in [2.05, 4.69) is 21.3 Å². The van der Waals surface area contributed by atoms with Gasteiger partial charge in [-0.1, -0.05) is 12.1 Å². The number of sulfonamides is 1. The molecule has 1 atom stereocenters. The van der Waals surface area contributed by atoms with Crippen LogP contribution in [0.25, 0.3) is 0 Å². The quantitative estimate of drug-likeness (QED) is 0.164. The summed E-state index contributed by atoms with van der Waals surface area (Å²) < 4.78 is 27.5. The summed E-state index contributed by atoms with van der Waals surface area (Å²) in [5.41, 5.74) is 0.735. The highest BCUT2D eigenvalue weighted by molar-refractivity contribution is 7.89. The SMILES string of the molecule is COc1ccc(CC(NC(=O)CNC(=O)CNC(=O)CNC(=O)c2ccc(S(N)(=O)=O)cc2)C(=O)O)cc1. The van der Waals surface area contributed by atoms with Crippen molar-refractivity contribution in [2.24, 2.45) is 5.14 Å². The minimum atomic E-state index is -3.91. The molecule has 4 amide bonds. The first-order valence-corrected chi connectivity index (χ1v) is 12.5. The minimum Gasteiger partial charge on any atom is -0.497 e. The van der Waals surface area contributed by atoms with Crippen LogP contribution in [0.15, 0.2) is 53.4 Å². The van der Waals surface area contributed by atoms with Crippen molar-refractivity contribution >= 4 is 39.6 Å². The average Bonchev–Trinajstić information content (AvgIpc) is 2.88. The van der Waals surface area contributed by atoms with Crippen LogP contribution in [0.2, 0.25) is 0 Å². The predicted molar refractivity (Wildman–Crippen MR) is 132 cm³/mol. The van der Waals surface area contributed by atoms with E-state index < -0.39 is 65.3 Å². The van der Waals surface area contributed by atoms with Gasteiger partial charge in [0.25, 0.3) is 5.91 Å². The van der Waals surface area contributed by atoms with Crippen LogP contribution in [-0.2, 0) is 35.6 Å². The van der Waals surface area contributed by atoms with Crippen LogP contribution >= 0.6 is 0 Å². The van der Waals surface area contributed by atoms with Gasteiger partial charge in [-0.05, 0) is 42.0 Å². The number of carboxylic acids is 1. The molecule has 0 spiro atoms. The van der Waals surface area contributed by atoms with E-state index in [1.807, 2.05) is 0 Å². The number of carbonyl (C=O) groups excluding carboxylic acids is 4. The summed E-state index contributed by atoms with van der Waals surface area (Å²) in [7, 11) is -2.41. The number of benzene rings is 2. The van der Waals surface area contributed by atoms with Gasteiger partial charge in [0.2, 0.25) is 27.7 Å². The molecule has 2 aromatic rings. The third-order valence-corrected chi connectivity index (χ3v) is 5.91. The number of methoxy groups -OCH3 is 1.